The van der Waals surface area contributed by atoms with Gasteiger partial charge in [-0.05, 0) is 25.8 Å². The molecule has 0 heterocycles. The Labute approximate surface area is 142 Å². The molecule has 0 aliphatic rings. The van der Waals surface area contributed by atoms with Crippen molar-refractivity contribution < 1.29 is 29.7 Å². The summed E-state index contributed by atoms with van der Waals surface area (Å²) < 4.78 is 0. The minimum absolute atomic E-state index is 0.281. The Morgan fingerprint density at radius 3 is 2.08 bits per heavy atom. The largest absolute Gasteiger partial charge is 0.481 e. The zero-order chi connectivity index (χ0) is 19.0. The van der Waals surface area contributed by atoms with Gasteiger partial charge in [0.1, 0.15) is 0 Å². The maximum absolute atomic E-state index is 12.0. The molecule has 4 N–H and O–H groups in total. The fourth-order valence-corrected chi connectivity index (χ4v) is 2.17. The Balaban J connectivity index is 4.59. The highest BCUT2D eigenvalue weighted by Gasteiger charge is 2.30. The van der Waals surface area contributed by atoms with Crippen LogP contribution in [0.4, 0.5) is 0 Å². The minimum atomic E-state index is -1.31. The smallest absolute Gasteiger partial charge is 0.308 e. The van der Waals surface area contributed by atoms with Crippen molar-refractivity contribution in [2.45, 2.75) is 53.2 Å². The van der Waals surface area contributed by atoms with Crippen LogP contribution < -0.4 is 5.32 Å². The lowest BCUT2D eigenvalue weighted by Crippen LogP contribution is -2.41. The lowest BCUT2D eigenvalue weighted by molar-refractivity contribution is -0.147. The molecule has 0 aliphatic carbocycles. The van der Waals surface area contributed by atoms with Crippen LogP contribution in [-0.2, 0) is 14.4 Å². The van der Waals surface area contributed by atoms with Crippen molar-refractivity contribution in [3.63, 3.8) is 0 Å². The van der Waals surface area contributed by atoms with Crippen LogP contribution in [0.2, 0.25) is 0 Å². The highest BCUT2D eigenvalue weighted by molar-refractivity contribution is 5.89. The molecule has 7 nitrogen and oxygen atoms in total. The second-order valence-electron chi connectivity index (χ2n) is 6.21. The molecule has 5 atom stereocenters. The molecule has 0 bridgehead atoms. The maximum Gasteiger partial charge on any atom is 0.308 e. The summed E-state index contributed by atoms with van der Waals surface area (Å²) in [6.45, 7) is 7.69. The number of Topliss-reactive ketones (excluding diaryl/α,β-unsaturated/α-hetero) is 1. The van der Waals surface area contributed by atoms with E-state index in [9.17, 15) is 24.6 Å². The number of aliphatic hydroxyl groups is 2. The number of rotatable bonds is 10. The van der Waals surface area contributed by atoms with E-state index in [-0.39, 0.29) is 12.5 Å². The van der Waals surface area contributed by atoms with E-state index in [1.807, 2.05) is 6.92 Å². The number of aliphatic carboxylic acids is 1. The number of ketones is 1. The summed E-state index contributed by atoms with van der Waals surface area (Å²) in [5.41, 5.74) is 0.686. The Kier molecular flexibility index (Phi) is 9.47. The first-order valence-corrected chi connectivity index (χ1v) is 8.10. The molecule has 0 aromatic carbocycles. The molecule has 0 radical (unpaired) electrons. The average Bonchev–Trinajstić information content (AvgIpc) is 2.55. The third-order valence-corrected chi connectivity index (χ3v) is 4.20. The predicted molar refractivity (Wildman–Crippen MR) is 89.2 cm³/mol. The van der Waals surface area contributed by atoms with Gasteiger partial charge in [-0.1, -0.05) is 26.8 Å². The van der Waals surface area contributed by atoms with Crippen LogP contribution in [0.25, 0.3) is 0 Å². The highest BCUT2D eigenvalue weighted by atomic mass is 16.4. The van der Waals surface area contributed by atoms with Gasteiger partial charge in [0.05, 0.1) is 30.6 Å². The average molecular weight is 343 g/mol. The summed E-state index contributed by atoms with van der Waals surface area (Å²) in [5, 5.41) is 30.9. The number of carbonyl (C=O) groups is 3. The number of carboxylic acid groups (broad SMARTS) is 1. The lowest BCUT2D eigenvalue weighted by atomic mass is 9.90. The Hall–Kier alpha value is -1.73. The van der Waals surface area contributed by atoms with Crippen LogP contribution >= 0.6 is 0 Å². The van der Waals surface area contributed by atoms with Gasteiger partial charge in [-0.3, -0.25) is 14.4 Å². The second-order valence-corrected chi connectivity index (χ2v) is 6.21. The fourth-order valence-electron chi connectivity index (χ4n) is 2.17. The van der Waals surface area contributed by atoms with Crippen molar-refractivity contribution in [2.75, 3.05) is 6.54 Å². The van der Waals surface area contributed by atoms with Crippen molar-refractivity contribution in [3.8, 4) is 0 Å². The minimum Gasteiger partial charge on any atom is -0.481 e. The second kappa shape index (κ2) is 10.2. The summed E-state index contributed by atoms with van der Waals surface area (Å²) in [5.74, 6) is -4.48. The molecule has 0 aromatic heterocycles. The third kappa shape index (κ3) is 6.80. The van der Waals surface area contributed by atoms with E-state index in [1.165, 1.54) is 13.8 Å². The van der Waals surface area contributed by atoms with Crippen LogP contribution in [0.15, 0.2) is 11.6 Å². The third-order valence-electron chi connectivity index (χ3n) is 4.20. The SMILES string of the molecule is CCC(O)C(C)=CC(C)C(=O)NCC(=O)C(C)C(O)C(C)C(=O)O. The summed E-state index contributed by atoms with van der Waals surface area (Å²) in [6, 6.07) is 0. The summed E-state index contributed by atoms with van der Waals surface area (Å²) in [6.07, 6.45) is 0.270. The van der Waals surface area contributed by atoms with Crippen molar-refractivity contribution in [2.24, 2.45) is 17.8 Å². The van der Waals surface area contributed by atoms with Crippen molar-refractivity contribution in [1.29, 1.82) is 0 Å². The van der Waals surface area contributed by atoms with E-state index in [0.717, 1.165) is 0 Å². The number of nitrogens with one attached hydrogen (secondary N) is 1. The first-order valence-electron chi connectivity index (χ1n) is 8.10. The number of hydrogen-bond donors (Lipinski definition) is 4. The number of amides is 1. The summed E-state index contributed by atoms with van der Waals surface area (Å²) >= 11 is 0. The molecule has 0 aromatic rings. The monoisotopic (exact) mass is 343 g/mol. The topological polar surface area (TPSA) is 124 Å². The van der Waals surface area contributed by atoms with Gasteiger partial charge in [-0.25, -0.2) is 0 Å². The number of hydrogen-bond acceptors (Lipinski definition) is 5. The molecule has 0 saturated heterocycles. The molecule has 0 rings (SSSR count). The fraction of sp³-hybridized carbons (Fsp3) is 0.706. The van der Waals surface area contributed by atoms with Gasteiger partial charge in [0.2, 0.25) is 5.91 Å². The van der Waals surface area contributed by atoms with Crippen molar-refractivity contribution >= 4 is 17.7 Å². The Morgan fingerprint density at radius 2 is 1.62 bits per heavy atom. The summed E-state index contributed by atoms with van der Waals surface area (Å²) in [4.78, 5) is 34.8. The predicted octanol–water partition coefficient (Wildman–Crippen LogP) is 0.743. The molecule has 7 heteroatoms. The van der Waals surface area contributed by atoms with Crippen molar-refractivity contribution in [3.05, 3.63) is 11.6 Å². The van der Waals surface area contributed by atoms with Gasteiger partial charge in [0, 0.05) is 5.92 Å². The molecule has 0 aliphatic heterocycles. The van der Waals surface area contributed by atoms with Gasteiger partial charge in [-0.15, -0.1) is 0 Å². The van der Waals surface area contributed by atoms with Gasteiger partial charge < -0.3 is 20.6 Å². The lowest BCUT2D eigenvalue weighted by Gasteiger charge is -2.21. The van der Waals surface area contributed by atoms with E-state index in [0.29, 0.717) is 12.0 Å². The van der Waals surface area contributed by atoms with E-state index in [1.54, 1.807) is 19.9 Å². The van der Waals surface area contributed by atoms with E-state index < -0.39 is 41.7 Å². The maximum atomic E-state index is 12.0. The van der Waals surface area contributed by atoms with Gasteiger partial charge >= 0.3 is 5.97 Å². The first kappa shape index (κ1) is 22.3. The number of aliphatic hydroxyl groups excluding tert-OH is 2. The molecule has 138 valence electrons. The Bertz CT molecular complexity index is 487. The van der Waals surface area contributed by atoms with Crippen molar-refractivity contribution in [1.82, 2.24) is 5.32 Å². The quantitative estimate of drug-likeness (QED) is 0.434. The van der Waals surface area contributed by atoms with Crippen LogP contribution in [0.5, 0.6) is 0 Å². The van der Waals surface area contributed by atoms with Gasteiger partial charge in [-0.2, -0.15) is 0 Å². The molecular formula is C17H29NO6. The normalized spacial score (nSPS) is 18.2. The van der Waals surface area contributed by atoms with Crippen LogP contribution in [0, 0.1) is 17.8 Å². The zero-order valence-electron chi connectivity index (χ0n) is 14.9. The molecule has 1 amide bonds. The van der Waals surface area contributed by atoms with Crippen LogP contribution in [-0.4, -0.2) is 51.7 Å². The molecule has 24 heavy (non-hydrogen) atoms. The number of carboxylic acids is 1. The molecule has 0 spiro atoms. The standard InChI is InChI=1S/C17H29NO6/c1-6-13(19)9(2)7-10(3)16(22)18-8-14(20)11(4)15(21)12(5)17(23)24/h7,10-13,15,19,21H,6,8H2,1-5H3,(H,18,22)(H,23,24). The van der Waals surface area contributed by atoms with Crippen LogP contribution in [0.3, 0.4) is 0 Å². The van der Waals surface area contributed by atoms with Crippen LogP contribution in [0.1, 0.15) is 41.0 Å². The van der Waals surface area contributed by atoms with Gasteiger partial charge in [0.15, 0.2) is 5.78 Å². The Morgan fingerprint density at radius 1 is 1.08 bits per heavy atom. The molecule has 0 fully saturated rings. The van der Waals surface area contributed by atoms with E-state index in [2.05, 4.69) is 5.32 Å². The first-order chi connectivity index (χ1) is 11.0. The highest BCUT2D eigenvalue weighted by Crippen LogP contribution is 2.14. The molecule has 0 saturated carbocycles. The zero-order valence-corrected chi connectivity index (χ0v) is 14.9. The summed E-state index contributed by atoms with van der Waals surface area (Å²) in [7, 11) is 0. The number of carbonyl (C=O) groups excluding carboxylic acids is 2. The van der Waals surface area contributed by atoms with E-state index in [4.69, 9.17) is 5.11 Å². The van der Waals surface area contributed by atoms with Gasteiger partial charge in [0.25, 0.3) is 0 Å². The molecular weight excluding hydrogens is 314 g/mol. The molecule has 5 unspecified atom stereocenters. The van der Waals surface area contributed by atoms with E-state index >= 15 is 0 Å².